The van der Waals surface area contributed by atoms with E-state index >= 15 is 0 Å². The monoisotopic (exact) mass is 538 g/mol. The predicted octanol–water partition coefficient (Wildman–Crippen LogP) is 5.77. The number of amides is 2. The van der Waals surface area contributed by atoms with Gasteiger partial charge in [0, 0.05) is 29.7 Å². The van der Waals surface area contributed by atoms with Gasteiger partial charge in [-0.3, -0.25) is 9.59 Å². The Morgan fingerprint density at radius 1 is 0.941 bits per heavy atom. The largest absolute Gasteiger partial charge is 0.355 e. The van der Waals surface area contributed by atoms with Crippen molar-refractivity contribution < 1.29 is 9.59 Å². The zero-order chi connectivity index (χ0) is 24.3. The first-order chi connectivity index (χ1) is 16.5. The molecule has 0 saturated heterocycles. The Labute approximate surface area is 215 Å². The third-order valence-corrected chi connectivity index (χ3v) is 6.98. The number of rotatable bonds is 11. The molecule has 34 heavy (non-hydrogen) atoms. The molecular weight excluding hydrogens is 508 g/mol. The van der Waals surface area contributed by atoms with Gasteiger partial charge in [0.25, 0.3) is 0 Å². The molecule has 3 aromatic rings. The van der Waals surface area contributed by atoms with Gasteiger partial charge >= 0.3 is 0 Å². The van der Waals surface area contributed by atoms with E-state index in [0.29, 0.717) is 25.3 Å². The third kappa shape index (κ3) is 8.03. The Morgan fingerprint density at radius 2 is 1.65 bits per heavy atom. The second-order valence-electron chi connectivity index (χ2n) is 8.23. The van der Waals surface area contributed by atoms with Crippen LogP contribution in [0.15, 0.2) is 83.3 Å². The lowest BCUT2D eigenvalue weighted by molar-refractivity contribution is -0.139. The van der Waals surface area contributed by atoms with E-state index in [9.17, 15) is 9.59 Å². The molecule has 0 unspecified atom stereocenters. The maximum Gasteiger partial charge on any atom is 0.243 e. The highest BCUT2D eigenvalue weighted by molar-refractivity contribution is 9.10. The Balaban J connectivity index is 1.81. The molecule has 0 aromatic heterocycles. The summed E-state index contributed by atoms with van der Waals surface area (Å²) in [7, 11) is 0. The molecule has 4 nitrogen and oxygen atoms in total. The van der Waals surface area contributed by atoms with E-state index in [2.05, 4.69) is 46.4 Å². The smallest absolute Gasteiger partial charge is 0.243 e. The van der Waals surface area contributed by atoms with Crippen LogP contribution in [0.5, 0.6) is 0 Å². The van der Waals surface area contributed by atoms with Crippen LogP contribution in [0.4, 0.5) is 0 Å². The number of nitrogens with zero attached hydrogens (tertiary/aromatic N) is 1. The Hall–Kier alpha value is -2.57. The molecule has 0 spiro atoms. The summed E-state index contributed by atoms with van der Waals surface area (Å²) in [4.78, 5) is 28.4. The minimum atomic E-state index is -0.585. The first kappa shape index (κ1) is 26.0. The van der Waals surface area contributed by atoms with Gasteiger partial charge in [-0.1, -0.05) is 88.2 Å². The molecule has 6 heteroatoms. The molecule has 3 rings (SSSR count). The van der Waals surface area contributed by atoms with Crippen molar-refractivity contribution in [3.8, 4) is 0 Å². The first-order valence-electron chi connectivity index (χ1n) is 11.4. The molecule has 0 aliphatic rings. The van der Waals surface area contributed by atoms with Crippen molar-refractivity contribution in [2.24, 2.45) is 0 Å². The van der Waals surface area contributed by atoms with Gasteiger partial charge in [-0.15, -0.1) is 11.8 Å². The number of carbonyl (C=O) groups excluding carboxylic acids is 2. The summed E-state index contributed by atoms with van der Waals surface area (Å²) in [5.41, 5.74) is 4.42. The number of hydrogen-bond acceptors (Lipinski definition) is 3. The summed E-state index contributed by atoms with van der Waals surface area (Å²) >= 11 is 5.05. The fourth-order valence-electron chi connectivity index (χ4n) is 3.77. The second kappa shape index (κ2) is 13.4. The fourth-order valence-corrected chi connectivity index (χ4v) is 4.90. The van der Waals surface area contributed by atoms with Gasteiger partial charge in [0.1, 0.15) is 6.04 Å². The predicted molar refractivity (Wildman–Crippen MR) is 145 cm³/mol. The fraction of sp³-hybridized carbons (Fsp3) is 0.286. The molecule has 3 aromatic carbocycles. The maximum absolute atomic E-state index is 13.5. The van der Waals surface area contributed by atoms with Gasteiger partial charge in [-0.25, -0.2) is 0 Å². The van der Waals surface area contributed by atoms with Crippen molar-refractivity contribution >= 4 is 39.5 Å². The zero-order valence-corrected chi connectivity index (χ0v) is 22.1. The van der Waals surface area contributed by atoms with Crippen molar-refractivity contribution in [1.29, 1.82) is 0 Å². The SMILES string of the molecule is CCNC(=O)[C@H](Cc1ccccc1)N(Cc1ccc(Br)cc1)C(=O)CSCc1cccc(C)c1. The molecule has 0 aliphatic heterocycles. The Kier molecular flexibility index (Phi) is 10.2. The quantitative estimate of drug-likeness (QED) is 0.337. The van der Waals surface area contributed by atoms with Crippen molar-refractivity contribution in [2.75, 3.05) is 12.3 Å². The van der Waals surface area contributed by atoms with E-state index in [0.717, 1.165) is 21.4 Å². The Bertz CT molecular complexity index is 1070. The van der Waals surface area contributed by atoms with Gasteiger partial charge in [0.15, 0.2) is 0 Å². The van der Waals surface area contributed by atoms with E-state index in [1.165, 1.54) is 11.1 Å². The van der Waals surface area contributed by atoms with Gasteiger partial charge in [0.05, 0.1) is 5.75 Å². The number of benzene rings is 3. The number of hydrogen-bond donors (Lipinski definition) is 1. The molecule has 0 fully saturated rings. The summed E-state index contributed by atoms with van der Waals surface area (Å²) in [6.45, 7) is 4.87. The highest BCUT2D eigenvalue weighted by Gasteiger charge is 2.30. The average molecular weight is 540 g/mol. The van der Waals surface area contributed by atoms with E-state index < -0.39 is 6.04 Å². The van der Waals surface area contributed by atoms with Gasteiger partial charge in [-0.05, 0) is 42.7 Å². The zero-order valence-electron chi connectivity index (χ0n) is 19.7. The molecular formula is C28H31BrN2O2S. The summed E-state index contributed by atoms with van der Waals surface area (Å²) in [6, 6.07) is 25.5. The first-order valence-corrected chi connectivity index (χ1v) is 13.4. The van der Waals surface area contributed by atoms with Crippen LogP contribution in [-0.4, -0.2) is 35.1 Å². The number of thioether (sulfide) groups is 1. The number of carbonyl (C=O) groups is 2. The third-order valence-electron chi connectivity index (χ3n) is 5.47. The second-order valence-corrected chi connectivity index (χ2v) is 10.1. The number of halogens is 1. The van der Waals surface area contributed by atoms with Crippen LogP contribution in [0.1, 0.15) is 29.2 Å². The van der Waals surface area contributed by atoms with Crippen LogP contribution in [0.3, 0.4) is 0 Å². The van der Waals surface area contributed by atoms with E-state index in [-0.39, 0.29) is 11.8 Å². The summed E-state index contributed by atoms with van der Waals surface area (Å²) < 4.78 is 0.979. The lowest BCUT2D eigenvalue weighted by Gasteiger charge is -2.31. The minimum Gasteiger partial charge on any atom is -0.355 e. The Morgan fingerprint density at radius 3 is 2.32 bits per heavy atom. The summed E-state index contributed by atoms with van der Waals surface area (Å²) in [6.07, 6.45) is 0.470. The van der Waals surface area contributed by atoms with Crippen molar-refractivity contribution in [1.82, 2.24) is 10.2 Å². The summed E-state index contributed by atoms with van der Waals surface area (Å²) in [5, 5.41) is 2.94. The normalized spacial score (nSPS) is 11.6. The molecule has 1 atom stereocenters. The standard InChI is InChI=1S/C28H31BrN2O2S/c1-3-30-28(33)26(17-22-9-5-4-6-10-22)31(18-23-12-14-25(29)15-13-23)27(32)20-34-19-24-11-7-8-21(2)16-24/h4-16,26H,3,17-20H2,1-2H3,(H,30,33)/t26-/m0/s1. The van der Waals surface area contributed by atoms with Gasteiger partial charge in [0.2, 0.25) is 11.8 Å². The van der Waals surface area contributed by atoms with E-state index in [1.807, 2.05) is 67.6 Å². The lowest BCUT2D eigenvalue weighted by Crippen LogP contribution is -2.51. The molecule has 0 aliphatic carbocycles. The molecule has 1 N–H and O–H groups in total. The molecule has 178 valence electrons. The molecule has 0 saturated carbocycles. The van der Waals surface area contributed by atoms with Crippen LogP contribution < -0.4 is 5.32 Å². The highest BCUT2D eigenvalue weighted by atomic mass is 79.9. The van der Waals surface area contributed by atoms with Crippen LogP contribution in [0.2, 0.25) is 0 Å². The number of nitrogens with one attached hydrogen (secondary N) is 1. The van der Waals surface area contributed by atoms with E-state index in [4.69, 9.17) is 0 Å². The van der Waals surface area contributed by atoms with Crippen molar-refractivity contribution in [2.45, 2.75) is 38.6 Å². The van der Waals surface area contributed by atoms with Crippen LogP contribution >= 0.6 is 27.7 Å². The van der Waals surface area contributed by atoms with Crippen molar-refractivity contribution in [3.05, 3.63) is 106 Å². The molecule has 0 heterocycles. The van der Waals surface area contributed by atoms with Gasteiger partial charge in [-0.2, -0.15) is 0 Å². The van der Waals surface area contributed by atoms with Crippen molar-refractivity contribution in [3.63, 3.8) is 0 Å². The highest BCUT2D eigenvalue weighted by Crippen LogP contribution is 2.20. The van der Waals surface area contributed by atoms with Crippen LogP contribution in [0, 0.1) is 6.92 Å². The number of aryl methyl sites for hydroxylation is 1. The molecule has 2 amide bonds. The average Bonchev–Trinajstić information content (AvgIpc) is 2.83. The maximum atomic E-state index is 13.5. The molecule has 0 bridgehead atoms. The van der Waals surface area contributed by atoms with Gasteiger partial charge < -0.3 is 10.2 Å². The molecule has 0 radical (unpaired) electrons. The van der Waals surface area contributed by atoms with E-state index in [1.54, 1.807) is 16.7 Å². The number of likely N-dealkylation sites (N-methyl/N-ethyl adjacent to an activating group) is 1. The lowest BCUT2D eigenvalue weighted by atomic mass is 10.0. The van der Waals surface area contributed by atoms with Crippen LogP contribution in [-0.2, 0) is 28.3 Å². The minimum absolute atomic E-state index is 0.0345. The van der Waals surface area contributed by atoms with Crippen LogP contribution in [0.25, 0.3) is 0 Å². The topological polar surface area (TPSA) is 49.4 Å². The summed E-state index contributed by atoms with van der Waals surface area (Å²) in [5.74, 6) is 0.910.